The molecule has 232 valence electrons. The van der Waals surface area contributed by atoms with Crippen LogP contribution in [0.1, 0.15) is 54.7 Å². The van der Waals surface area contributed by atoms with E-state index in [4.69, 9.17) is 27.4 Å². The quantitative estimate of drug-likeness (QED) is 0.184. The Morgan fingerprint density at radius 1 is 1.02 bits per heavy atom. The summed E-state index contributed by atoms with van der Waals surface area (Å²) in [6.45, 7) is 22.9. The minimum Gasteiger partial charge on any atom is -0.414 e. The first-order valence-electron chi connectivity index (χ1n) is 13.6. The molecule has 1 saturated heterocycles. The lowest BCUT2D eigenvalue weighted by Crippen LogP contribution is -2.50. The summed E-state index contributed by atoms with van der Waals surface area (Å²) in [7, 11) is -9.44. The highest BCUT2D eigenvalue weighted by Gasteiger charge is 2.54. The largest absolute Gasteiger partial charge is 0.472 e. The molecule has 0 saturated carbocycles. The average Bonchev–Trinajstić information content (AvgIpc) is 3.09. The second-order valence-corrected chi connectivity index (χ2v) is 24.0. The molecule has 1 fully saturated rings. The van der Waals surface area contributed by atoms with Gasteiger partial charge in [0.15, 0.2) is 22.9 Å². The van der Waals surface area contributed by atoms with Crippen LogP contribution in [0.15, 0.2) is 21.9 Å². The molecule has 0 spiro atoms. The molecule has 5 atom stereocenters. The molecule has 12 nitrogen and oxygen atoms in total. The molecule has 0 aliphatic carbocycles. The van der Waals surface area contributed by atoms with Gasteiger partial charge < -0.3 is 23.2 Å². The number of nitrogens with zero attached hydrogens (tertiary/aromatic N) is 1. The Kier molecular flexibility index (Phi) is 11.6. The highest BCUT2D eigenvalue weighted by Crippen LogP contribution is 2.50. The van der Waals surface area contributed by atoms with E-state index in [-0.39, 0.29) is 29.9 Å². The number of hydrogen-bond donors (Lipinski definition) is 2. The van der Waals surface area contributed by atoms with Gasteiger partial charge in [0.1, 0.15) is 18.3 Å². The molecule has 2 heterocycles. The molecule has 2 rings (SSSR count). The number of nitrogens with one attached hydrogen (secondary N) is 1. The van der Waals surface area contributed by atoms with Crippen molar-refractivity contribution >= 4 is 24.5 Å². The second kappa shape index (κ2) is 13.1. The molecule has 1 aliphatic rings. The first-order chi connectivity index (χ1) is 18.1. The highest BCUT2D eigenvalue weighted by molar-refractivity contribution is 7.47. The van der Waals surface area contributed by atoms with Crippen LogP contribution >= 0.6 is 7.82 Å². The molecule has 40 heavy (non-hydrogen) atoms. The standard InChI is InChI=1S/C25H49N2O10PSi2/c1-12-32-15-16-33-38(30,31)36-20-18(17-34-39(8,9)24(2,3)4)35-22(27-14-13-19(28)26-23(27)29)21(20)37-40(10,11)25(5,6)7/h13-14,18,20-22H,12,15-17H2,1-11H3,(H,30,31)(H,26,28,29)/t18-,20-,21-,22-/m1/s1. The third-order valence-corrected chi connectivity index (χ3v) is 18.0. The van der Waals surface area contributed by atoms with Gasteiger partial charge in [0.05, 0.1) is 19.8 Å². The Bertz CT molecular complexity index is 1140. The monoisotopic (exact) mass is 624 g/mol. The summed E-state index contributed by atoms with van der Waals surface area (Å²) in [5.41, 5.74) is -1.26. The van der Waals surface area contributed by atoms with E-state index in [0.29, 0.717) is 6.61 Å². The molecular formula is C25H49N2O10PSi2. The van der Waals surface area contributed by atoms with Crippen molar-refractivity contribution in [3.05, 3.63) is 33.1 Å². The number of aromatic amines is 1. The molecule has 0 radical (unpaired) electrons. The first kappa shape index (κ1) is 35.3. The summed E-state index contributed by atoms with van der Waals surface area (Å²) in [6.07, 6.45) is -2.76. The SMILES string of the molecule is CCOCCOP(=O)(O)O[C@H]1[C@@H](O[Si](C)(C)C(C)(C)C)[C@H](n2ccc(=O)[nH]c2=O)O[C@@H]1CO[Si](C)(C)C(C)(C)C. The maximum Gasteiger partial charge on any atom is 0.472 e. The van der Waals surface area contributed by atoms with Gasteiger partial charge in [-0.1, -0.05) is 41.5 Å². The summed E-state index contributed by atoms with van der Waals surface area (Å²) < 4.78 is 50.0. The van der Waals surface area contributed by atoms with E-state index < -0.39 is 60.2 Å². The molecular weight excluding hydrogens is 575 g/mol. The number of phosphoric acid groups is 1. The smallest absolute Gasteiger partial charge is 0.414 e. The van der Waals surface area contributed by atoms with Crippen LogP contribution in [0, 0.1) is 0 Å². The minimum atomic E-state index is -4.61. The van der Waals surface area contributed by atoms with Crippen molar-refractivity contribution in [2.24, 2.45) is 0 Å². The summed E-state index contributed by atoms with van der Waals surface area (Å²) >= 11 is 0. The Labute approximate surface area is 239 Å². The molecule has 2 N–H and O–H groups in total. The van der Waals surface area contributed by atoms with Crippen LogP contribution in [0.25, 0.3) is 0 Å². The normalized spacial score (nSPS) is 24.3. The van der Waals surface area contributed by atoms with Crippen molar-refractivity contribution in [1.29, 1.82) is 0 Å². The predicted molar refractivity (Wildman–Crippen MR) is 158 cm³/mol. The zero-order valence-corrected chi connectivity index (χ0v) is 28.7. The first-order valence-corrected chi connectivity index (χ1v) is 21.0. The molecule has 1 aromatic rings. The number of aromatic nitrogens is 2. The van der Waals surface area contributed by atoms with Gasteiger partial charge >= 0.3 is 13.5 Å². The lowest BCUT2D eigenvalue weighted by molar-refractivity contribution is -0.0516. The van der Waals surface area contributed by atoms with Crippen LogP contribution in [0.5, 0.6) is 0 Å². The molecule has 0 bridgehead atoms. The zero-order chi connectivity index (χ0) is 30.7. The van der Waals surface area contributed by atoms with E-state index in [9.17, 15) is 19.0 Å². The van der Waals surface area contributed by atoms with Crippen LogP contribution in [-0.4, -0.2) is 75.8 Å². The van der Waals surface area contributed by atoms with Gasteiger partial charge in [-0.05, 0) is 43.2 Å². The van der Waals surface area contributed by atoms with Crippen LogP contribution in [0.3, 0.4) is 0 Å². The lowest BCUT2D eigenvalue weighted by Gasteiger charge is -2.41. The van der Waals surface area contributed by atoms with Crippen molar-refractivity contribution in [3.63, 3.8) is 0 Å². The van der Waals surface area contributed by atoms with Crippen LogP contribution in [0.4, 0.5) is 0 Å². The molecule has 15 heteroatoms. The van der Waals surface area contributed by atoms with Crippen molar-refractivity contribution in [2.45, 2.75) is 109 Å². The van der Waals surface area contributed by atoms with E-state index in [0.717, 1.165) is 0 Å². The lowest BCUT2D eigenvalue weighted by atomic mass is 10.1. The highest BCUT2D eigenvalue weighted by atomic mass is 31.2. The third kappa shape index (κ3) is 9.03. The molecule has 0 aromatic carbocycles. The van der Waals surface area contributed by atoms with Crippen molar-refractivity contribution < 1.29 is 36.8 Å². The fourth-order valence-electron chi connectivity index (χ4n) is 3.51. The van der Waals surface area contributed by atoms with Gasteiger partial charge in [-0.3, -0.25) is 23.4 Å². The zero-order valence-electron chi connectivity index (χ0n) is 25.8. The fraction of sp³-hybridized carbons (Fsp3) is 0.840. The Hall–Kier alpha value is -0.936. The van der Waals surface area contributed by atoms with Gasteiger partial charge in [-0.25, -0.2) is 9.36 Å². The topological polar surface area (TPSA) is 148 Å². The number of hydrogen-bond acceptors (Lipinski definition) is 9. The summed E-state index contributed by atoms with van der Waals surface area (Å²) in [5, 5.41) is -0.354. The Morgan fingerprint density at radius 2 is 1.62 bits per heavy atom. The van der Waals surface area contributed by atoms with Crippen LogP contribution in [0.2, 0.25) is 36.3 Å². The van der Waals surface area contributed by atoms with Crippen molar-refractivity contribution in [3.8, 4) is 0 Å². The van der Waals surface area contributed by atoms with Crippen LogP contribution < -0.4 is 11.2 Å². The summed E-state index contributed by atoms with van der Waals surface area (Å²) in [4.78, 5) is 37.6. The van der Waals surface area contributed by atoms with Crippen molar-refractivity contribution in [1.82, 2.24) is 9.55 Å². The fourth-order valence-corrected chi connectivity index (χ4v) is 6.74. The molecule has 1 unspecified atom stereocenters. The van der Waals surface area contributed by atoms with Gasteiger partial charge in [0.25, 0.3) is 5.56 Å². The van der Waals surface area contributed by atoms with Gasteiger partial charge in [0, 0.05) is 18.9 Å². The minimum absolute atomic E-state index is 0.0338. The Morgan fingerprint density at radius 3 is 2.15 bits per heavy atom. The Balaban J connectivity index is 2.56. The van der Waals surface area contributed by atoms with E-state index in [1.807, 2.05) is 13.1 Å². The summed E-state index contributed by atoms with van der Waals surface area (Å²) in [6, 6.07) is 1.21. The number of ether oxygens (including phenoxy) is 2. The summed E-state index contributed by atoms with van der Waals surface area (Å²) in [5.74, 6) is 0. The maximum absolute atomic E-state index is 13.1. The molecule has 1 aromatic heterocycles. The van der Waals surface area contributed by atoms with Crippen molar-refractivity contribution in [2.75, 3.05) is 26.4 Å². The second-order valence-electron chi connectivity index (χ2n) is 13.1. The van der Waals surface area contributed by atoms with E-state index in [2.05, 4.69) is 59.6 Å². The van der Waals surface area contributed by atoms with Gasteiger partial charge in [-0.15, -0.1) is 0 Å². The number of rotatable bonds is 13. The molecule has 1 aliphatic heterocycles. The predicted octanol–water partition coefficient (Wildman–Crippen LogP) is 4.38. The van der Waals surface area contributed by atoms with Gasteiger partial charge in [0.2, 0.25) is 0 Å². The van der Waals surface area contributed by atoms with E-state index in [1.165, 1.54) is 16.8 Å². The van der Waals surface area contributed by atoms with Crippen LogP contribution in [-0.2, 0) is 31.9 Å². The maximum atomic E-state index is 13.1. The van der Waals surface area contributed by atoms with E-state index in [1.54, 1.807) is 6.92 Å². The average molecular weight is 625 g/mol. The van der Waals surface area contributed by atoms with Gasteiger partial charge in [-0.2, -0.15) is 0 Å². The number of phosphoric ester groups is 1. The van der Waals surface area contributed by atoms with E-state index >= 15 is 0 Å². The molecule has 0 amide bonds. The third-order valence-electron chi connectivity index (χ3n) is 8.00. The number of H-pyrrole nitrogens is 1.